The molecule has 0 unspecified atom stereocenters. The summed E-state index contributed by atoms with van der Waals surface area (Å²) < 4.78 is 16.5. The minimum Gasteiger partial charge on any atom is -0.319 e. The lowest BCUT2D eigenvalue weighted by Crippen LogP contribution is -2.11. The van der Waals surface area contributed by atoms with Crippen molar-refractivity contribution in [1.82, 2.24) is 15.1 Å². The molecule has 0 aliphatic heterocycles. The zero-order valence-corrected chi connectivity index (χ0v) is 13.6. The fraction of sp³-hybridized carbons (Fsp3) is 0.400. The summed E-state index contributed by atoms with van der Waals surface area (Å²) in [4.78, 5) is 0. The van der Waals surface area contributed by atoms with Gasteiger partial charge in [-0.05, 0) is 51.6 Å². The number of aryl methyl sites for hydroxylation is 1. The Labute approximate surface area is 127 Å². The SMILES string of the molecule is CNCCc1c(C)nn(Cc2ccc(Br)cc2F)c1C. The normalized spacial score (nSPS) is 11.1. The average molecular weight is 340 g/mol. The smallest absolute Gasteiger partial charge is 0.129 e. The molecule has 2 aromatic rings. The summed E-state index contributed by atoms with van der Waals surface area (Å²) in [6.45, 7) is 5.43. The van der Waals surface area contributed by atoms with Crippen LogP contribution in [0.4, 0.5) is 4.39 Å². The molecule has 0 bridgehead atoms. The molecule has 0 aliphatic rings. The Morgan fingerprint density at radius 1 is 1.35 bits per heavy atom. The molecule has 108 valence electrons. The number of halogens is 2. The van der Waals surface area contributed by atoms with Crippen LogP contribution in [0.1, 0.15) is 22.5 Å². The molecule has 0 aliphatic carbocycles. The summed E-state index contributed by atoms with van der Waals surface area (Å²) in [7, 11) is 1.94. The first kappa shape index (κ1) is 15.2. The van der Waals surface area contributed by atoms with Crippen molar-refractivity contribution in [2.75, 3.05) is 13.6 Å². The molecule has 0 spiro atoms. The first-order chi connectivity index (χ1) is 9.52. The van der Waals surface area contributed by atoms with Crippen molar-refractivity contribution >= 4 is 15.9 Å². The molecule has 0 saturated heterocycles. The van der Waals surface area contributed by atoms with Gasteiger partial charge in [-0.2, -0.15) is 5.10 Å². The van der Waals surface area contributed by atoms with Crippen LogP contribution in [0.3, 0.4) is 0 Å². The largest absolute Gasteiger partial charge is 0.319 e. The van der Waals surface area contributed by atoms with E-state index in [-0.39, 0.29) is 5.82 Å². The minimum absolute atomic E-state index is 0.205. The third-order valence-electron chi connectivity index (χ3n) is 3.49. The number of hydrogen-bond acceptors (Lipinski definition) is 2. The van der Waals surface area contributed by atoms with E-state index in [2.05, 4.69) is 26.3 Å². The highest BCUT2D eigenvalue weighted by Crippen LogP contribution is 2.19. The van der Waals surface area contributed by atoms with Gasteiger partial charge >= 0.3 is 0 Å². The van der Waals surface area contributed by atoms with E-state index in [0.29, 0.717) is 12.1 Å². The van der Waals surface area contributed by atoms with Crippen LogP contribution in [0.2, 0.25) is 0 Å². The van der Waals surface area contributed by atoms with Gasteiger partial charge in [-0.25, -0.2) is 4.39 Å². The second kappa shape index (κ2) is 6.50. The zero-order chi connectivity index (χ0) is 14.7. The highest BCUT2D eigenvalue weighted by Gasteiger charge is 2.12. The van der Waals surface area contributed by atoms with Crippen molar-refractivity contribution in [2.45, 2.75) is 26.8 Å². The van der Waals surface area contributed by atoms with Gasteiger partial charge in [0.25, 0.3) is 0 Å². The Hall–Kier alpha value is -1.20. The lowest BCUT2D eigenvalue weighted by Gasteiger charge is -2.07. The van der Waals surface area contributed by atoms with Crippen molar-refractivity contribution in [3.63, 3.8) is 0 Å². The van der Waals surface area contributed by atoms with E-state index in [4.69, 9.17) is 0 Å². The molecule has 0 radical (unpaired) electrons. The molecule has 1 N–H and O–H groups in total. The molecule has 0 fully saturated rings. The van der Waals surface area contributed by atoms with Gasteiger partial charge in [0.05, 0.1) is 12.2 Å². The van der Waals surface area contributed by atoms with Gasteiger partial charge in [-0.15, -0.1) is 0 Å². The van der Waals surface area contributed by atoms with Gasteiger partial charge in [0.2, 0.25) is 0 Å². The lowest BCUT2D eigenvalue weighted by atomic mass is 10.1. The average Bonchev–Trinajstić information content (AvgIpc) is 2.66. The van der Waals surface area contributed by atoms with Crippen LogP contribution < -0.4 is 5.32 Å². The van der Waals surface area contributed by atoms with Crippen LogP contribution in [-0.2, 0) is 13.0 Å². The Bertz CT molecular complexity index is 607. The third-order valence-corrected chi connectivity index (χ3v) is 3.98. The summed E-state index contributed by atoms with van der Waals surface area (Å²) in [6, 6.07) is 5.14. The number of aromatic nitrogens is 2. The van der Waals surface area contributed by atoms with E-state index in [0.717, 1.165) is 28.8 Å². The highest BCUT2D eigenvalue weighted by atomic mass is 79.9. The van der Waals surface area contributed by atoms with E-state index in [1.807, 2.05) is 31.6 Å². The molecule has 1 aromatic carbocycles. The Morgan fingerprint density at radius 2 is 2.10 bits per heavy atom. The topological polar surface area (TPSA) is 29.9 Å². The number of hydrogen-bond donors (Lipinski definition) is 1. The number of rotatable bonds is 5. The van der Waals surface area contributed by atoms with E-state index >= 15 is 0 Å². The summed E-state index contributed by atoms with van der Waals surface area (Å²) in [5.41, 5.74) is 4.03. The predicted octanol–water partition coefficient (Wildman–Crippen LogP) is 3.21. The van der Waals surface area contributed by atoms with Gasteiger partial charge in [-0.1, -0.05) is 22.0 Å². The predicted molar refractivity (Wildman–Crippen MR) is 82.5 cm³/mol. The molecule has 3 nitrogen and oxygen atoms in total. The quantitative estimate of drug-likeness (QED) is 0.906. The van der Waals surface area contributed by atoms with Crippen molar-refractivity contribution in [3.8, 4) is 0 Å². The van der Waals surface area contributed by atoms with Gasteiger partial charge < -0.3 is 5.32 Å². The van der Waals surface area contributed by atoms with E-state index < -0.39 is 0 Å². The maximum Gasteiger partial charge on any atom is 0.129 e. The molecule has 5 heteroatoms. The Balaban J connectivity index is 2.25. The second-order valence-corrected chi connectivity index (χ2v) is 5.81. The summed E-state index contributed by atoms with van der Waals surface area (Å²) in [6.07, 6.45) is 0.941. The van der Waals surface area contributed by atoms with Crippen LogP contribution in [-0.4, -0.2) is 23.4 Å². The Morgan fingerprint density at radius 3 is 2.75 bits per heavy atom. The van der Waals surface area contributed by atoms with Crippen LogP contribution >= 0.6 is 15.9 Å². The fourth-order valence-electron chi connectivity index (χ4n) is 2.31. The monoisotopic (exact) mass is 339 g/mol. The summed E-state index contributed by atoms with van der Waals surface area (Å²) in [5.74, 6) is -0.205. The van der Waals surface area contributed by atoms with E-state index in [1.165, 1.54) is 11.6 Å². The first-order valence-corrected chi connectivity index (χ1v) is 7.43. The first-order valence-electron chi connectivity index (χ1n) is 6.64. The second-order valence-electron chi connectivity index (χ2n) is 4.90. The maximum atomic E-state index is 13.9. The molecule has 2 rings (SSSR count). The number of likely N-dealkylation sites (N-methyl/N-ethyl adjacent to an activating group) is 1. The van der Waals surface area contributed by atoms with Crippen molar-refractivity contribution in [2.24, 2.45) is 0 Å². The third kappa shape index (κ3) is 3.27. The molecule has 0 saturated carbocycles. The highest BCUT2D eigenvalue weighted by molar-refractivity contribution is 9.10. The zero-order valence-electron chi connectivity index (χ0n) is 12.0. The van der Waals surface area contributed by atoms with Crippen LogP contribution in [0.15, 0.2) is 22.7 Å². The molecule has 0 amide bonds. The van der Waals surface area contributed by atoms with Crippen molar-refractivity contribution in [1.29, 1.82) is 0 Å². The minimum atomic E-state index is -0.205. The summed E-state index contributed by atoms with van der Waals surface area (Å²) in [5, 5.41) is 7.68. The van der Waals surface area contributed by atoms with Gasteiger partial charge in [0, 0.05) is 15.7 Å². The van der Waals surface area contributed by atoms with Crippen LogP contribution in [0.25, 0.3) is 0 Å². The van der Waals surface area contributed by atoms with Crippen LogP contribution in [0.5, 0.6) is 0 Å². The molecular weight excluding hydrogens is 321 g/mol. The van der Waals surface area contributed by atoms with Gasteiger partial charge in [-0.3, -0.25) is 4.68 Å². The van der Waals surface area contributed by atoms with E-state index in [1.54, 1.807) is 6.07 Å². The maximum absolute atomic E-state index is 13.9. The Kier molecular flexibility index (Phi) is 4.94. The van der Waals surface area contributed by atoms with Crippen LogP contribution in [0, 0.1) is 19.7 Å². The lowest BCUT2D eigenvalue weighted by molar-refractivity contribution is 0.577. The fourth-order valence-corrected chi connectivity index (χ4v) is 2.64. The molecular formula is C15H19BrFN3. The summed E-state index contributed by atoms with van der Waals surface area (Å²) >= 11 is 3.27. The number of nitrogens with zero attached hydrogens (tertiary/aromatic N) is 2. The van der Waals surface area contributed by atoms with Gasteiger partial charge in [0.1, 0.15) is 5.82 Å². The molecule has 20 heavy (non-hydrogen) atoms. The molecule has 1 heterocycles. The van der Waals surface area contributed by atoms with Crippen molar-refractivity contribution < 1.29 is 4.39 Å². The van der Waals surface area contributed by atoms with Gasteiger partial charge in [0.15, 0.2) is 0 Å². The van der Waals surface area contributed by atoms with Crippen molar-refractivity contribution in [3.05, 3.63) is 51.0 Å². The number of nitrogens with one attached hydrogen (secondary N) is 1. The number of benzene rings is 1. The molecule has 1 aromatic heterocycles. The van der Waals surface area contributed by atoms with E-state index in [9.17, 15) is 4.39 Å². The standard InChI is InChI=1S/C15H19BrFN3/c1-10-14(6-7-18-3)11(2)20(19-10)9-12-4-5-13(16)8-15(12)17/h4-5,8,18H,6-7,9H2,1-3H3. The molecule has 0 atom stereocenters.